The summed E-state index contributed by atoms with van der Waals surface area (Å²) in [6.07, 6.45) is 0. The van der Waals surface area contributed by atoms with Gasteiger partial charge in [0.1, 0.15) is 17.3 Å². The number of nitrogens with zero attached hydrogens (tertiary/aromatic N) is 2. The van der Waals surface area contributed by atoms with Crippen LogP contribution in [0.15, 0.2) is 60.7 Å². The van der Waals surface area contributed by atoms with Crippen molar-refractivity contribution in [3.63, 3.8) is 0 Å². The molecule has 0 unspecified atom stereocenters. The van der Waals surface area contributed by atoms with Gasteiger partial charge in [-0.3, -0.25) is 4.79 Å². The molecule has 0 aliphatic carbocycles. The highest BCUT2D eigenvalue weighted by atomic mass is 16.5. The van der Waals surface area contributed by atoms with Crippen LogP contribution in [0.25, 0.3) is 0 Å². The first-order valence-corrected chi connectivity index (χ1v) is 8.23. The summed E-state index contributed by atoms with van der Waals surface area (Å²) in [4.78, 5) is 33.0. The Morgan fingerprint density at radius 1 is 0.963 bits per heavy atom. The number of esters is 1. The lowest BCUT2D eigenvalue weighted by molar-refractivity contribution is 0.0602. The van der Waals surface area contributed by atoms with Crippen LogP contribution >= 0.6 is 0 Å². The molecule has 3 aromatic rings. The summed E-state index contributed by atoms with van der Waals surface area (Å²) in [5.41, 5.74) is 1.64. The van der Waals surface area contributed by atoms with Crippen molar-refractivity contribution >= 4 is 29.1 Å². The quantitative estimate of drug-likeness (QED) is 0.674. The van der Waals surface area contributed by atoms with E-state index in [2.05, 4.69) is 20.6 Å². The van der Waals surface area contributed by atoms with Crippen molar-refractivity contribution in [1.82, 2.24) is 9.97 Å². The number of hydrogen-bond acceptors (Lipinski definition) is 6. The molecule has 2 N–H and O–H groups in total. The van der Waals surface area contributed by atoms with E-state index in [9.17, 15) is 9.59 Å². The van der Waals surface area contributed by atoms with Crippen molar-refractivity contribution in [2.75, 3.05) is 17.7 Å². The number of rotatable bonds is 5. The third-order valence-electron chi connectivity index (χ3n) is 3.70. The summed E-state index contributed by atoms with van der Waals surface area (Å²) in [5, 5.41) is 5.84. The molecule has 0 bridgehead atoms. The number of ether oxygens (including phenoxy) is 1. The van der Waals surface area contributed by atoms with E-state index in [1.165, 1.54) is 7.11 Å². The number of aryl methyl sites for hydroxylation is 1. The van der Waals surface area contributed by atoms with E-state index in [0.29, 0.717) is 17.3 Å². The fourth-order valence-corrected chi connectivity index (χ4v) is 2.48. The van der Waals surface area contributed by atoms with Crippen molar-refractivity contribution in [3.8, 4) is 0 Å². The minimum absolute atomic E-state index is 0.181. The molecule has 0 atom stereocenters. The molecule has 0 spiro atoms. The highest BCUT2D eigenvalue weighted by Gasteiger charge is 2.16. The van der Waals surface area contributed by atoms with Crippen molar-refractivity contribution in [2.45, 2.75) is 6.92 Å². The molecule has 0 radical (unpaired) electrons. The van der Waals surface area contributed by atoms with Gasteiger partial charge in [-0.2, -0.15) is 0 Å². The zero-order valence-corrected chi connectivity index (χ0v) is 14.9. The second-order valence-corrected chi connectivity index (χ2v) is 5.67. The van der Waals surface area contributed by atoms with Gasteiger partial charge in [0.2, 0.25) is 0 Å². The lowest BCUT2D eigenvalue weighted by Gasteiger charge is -2.11. The number of methoxy groups -OCH3 is 1. The Bertz CT molecular complexity index is 974. The van der Waals surface area contributed by atoms with Crippen LogP contribution in [-0.2, 0) is 4.74 Å². The maximum Gasteiger partial charge on any atom is 0.339 e. The van der Waals surface area contributed by atoms with Crippen LogP contribution in [0.1, 0.15) is 26.7 Å². The monoisotopic (exact) mass is 362 g/mol. The molecule has 27 heavy (non-hydrogen) atoms. The normalized spacial score (nSPS) is 10.1. The Labute approximate surface area is 156 Å². The molecule has 2 aromatic carbocycles. The van der Waals surface area contributed by atoms with E-state index in [1.807, 2.05) is 30.3 Å². The predicted molar refractivity (Wildman–Crippen MR) is 102 cm³/mol. The minimum Gasteiger partial charge on any atom is -0.465 e. The summed E-state index contributed by atoms with van der Waals surface area (Å²) >= 11 is 0. The Morgan fingerprint density at radius 2 is 1.67 bits per heavy atom. The second kappa shape index (κ2) is 8.09. The number of anilines is 3. The first kappa shape index (κ1) is 18.1. The van der Waals surface area contributed by atoms with Crippen LogP contribution in [0.4, 0.5) is 17.2 Å². The summed E-state index contributed by atoms with van der Waals surface area (Å²) in [6.45, 7) is 1.70. The van der Waals surface area contributed by atoms with Crippen LogP contribution in [0, 0.1) is 6.92 Å². The zero-order chi connectivity index (χ0) is 19.2. The highest BCUT2D eigenvalue weighted by Crippen LogP contribution is 2.19. The van der Waals surface area contributed by atoms with Crippen LogP contribution in [0.5, 0.6) is 0 Å². The standard InChI is InChI=1S/C20H18N4O3/c1-13-21-17(12-18(22-13)23-14-8-4-3-5-9-14)19(25)24-16-11-7-6-10-15(16)20(26)27-2/h3-12H,1-2H3,(H,24,25)(H,21,22,23). The average Bonchev–Trinajstić information content (AvgIpc) is 2.68. The maximum atomic E-state index is 12.7. The van der Waals surface area contributed by atoms with Gasteiger partial charge in [0, 0.05) is 11.8 Å². The summed E-state index contributed by atoms with van der Waals surface area (Å²) in [5.74, 6) is -0.0356. The van der Waals surface area contributed by atoms with Crippen molar-refractivity contribution < 1.29 is 14.3 Å². The molecule has 7 heteroatoms. The van der Waals surface area contributed by atoms with Gasteiger partial charge < -0.3 is 15.4 Å². The summed E-state index contributed by atoms with van der Waals surface area (Å²) in [7, 11) is 1.29. The number of aromatic nitrogens is 2. The van der Waals surface area contributed by atoms with E-state index >= 15 is 0 Å². The fraction of sp³-hybridized carbons (Fsp3) is 0.100. The van der Waals surface area contributed by atoms with Gasteiger partial charge in [-0.05, 0) is 31.2 Å². The molecular formula is C20H18N4O3. The zero-order valence-electron chi connectivity index (χ0n) is 14.9. The van der Waals surface area contributed by atoms with Crippen LogP contribution in [0.2, 0.25) is 0 Å². The van der Waals surface area contributed by atoms with E-state index in [1.54, 1.807) is 37.3 Å². The number of para-hydroxylation sites is 2. The molecule has 1 aromatic heterocycles. The SMILES string of the molecule is COC(=O)c1ccccc1NC(=O)c1cc(Nc2ccccc2)nc(C)n1. The van der Waals surface area contributed by atoms with Crippen LogP contribution in [-0.4, -0.2) is 29.0 Å². The summed E-state index contributed by atoms with van der Waals surface area (Å²) < 4.78 is 4.74. The first-order chi connectivity index (χ1) is 13.1. The van der Waals surface area contributed by atoms with Gasteiger partial charge in [0.15, 0.2) is 0 Å². The van der Waals surface area contributed by atoms with Gasteiger partial charge in [0.05, 0.1) is 18.4 Å². The topological polar surface area (TPSA) is 93.2 Å². The molecular weight excluding hydrogens is 344 g/mol. The molecule has 136 valence electrons. The Kier molecular flexibility index (Phi) is 5.41. The summed E-state index contributed by atoms with van der Waals surface area (Å²) in [6, 6.07) is 17.7. The maximum absolute atomic E-state index is 12.7. The van der Waals surface area contributed by atoms with E-state index in [0.717, 1.165) is 5.69 Å². The third kappa shape index (κ3) is 4.46. The molecule has 1 heterocycles. The van der Waals surface area contributed by atoms with Crippen molar-refractivity contribution in [1.29, 1.82) is 0 Å². The van der Waals surface area contributed by atoms with Gasteiger partial charge in [0.25, 0.3) is 5.91 Å². The van der Waals surface area contributed by atoms with E-state index in [4.69, 9.17) is 4.74 Å². The number of amides is 1. The highest BCUT2D eigenvalue weighted by molar-refractivity contribution is 6.07. The number of hydrogen-bond donors (Lipinski definition) is 2. The van der Waals surface area contributed by atoms with E-state index < -0.39 is 11.9 Å². The number of carbonyl (C=O) groups excluding carboxylic acids is 2. The Balaban J connectivity index is 1.84. The molecule has 1 amide bonds. The van der Waals surface area contributed by atoms with Gasteiger partial charge >= 0.3 is 5.97 Å². The Hall–Kier alpha value is -3.74. The number of benzene rings is 2. The van der Waals surface area contributed by atoms with Crippen molar-refractivity contribution in [2.24, 2.45) is 0 Å². The fourth-order valence-electron chi connectivity index (χ4n) is 2.48. The van der Waals surface area contributed by atoms with E-state index in [-0.39, 0.29) is 11.3 Å². The van der Waals surface area contributed by atoms with Crippen molar-refractivity contribution in [3.05, 3.63) is 77.7 Å². The smallest absolute Gasteiger partial charge is 0.339 e. The number of nitrogens with one attached hydrogen (secondary N) is 2. The molecule has 0 fully saturated rings. The van der Waals surface area contributed by atoms with Crippen LogP contribution < -0.4 is 10.6 Å². The predicted octanol–water partition coefficient (Wildman–Crippen LogP) is 3.57. The average molecular weight is 362 g/mol. The van der Waals surface area contributed by atoms with Gasteiger partial charge in [-0.25, -0.2) is 14.8 Å². The largest absolute Gasteiger partial charge is 0.465 e. The molecule has 7 nitrogen and oxygen atoms in total. The Morgan fingerprint density at radius 3 is 2.41 bits per heavy atom. The minimum atomic E-state index is -0.531. The lowest BCUT2D eigenvalue weighted by atomic mass is 10.1. The molecule has 0 saturated carbocycles. The third-order valence-corrected chi connectivity index (χ3v) is 3.70. The molecule has 3 rings (SSSR count). The molecule has 0 aliphatic rings. The van der Waals surface area contributed by atoms with Crippen LogP contribution in [0.3, 0.4) is 0 Å². The van der Waals surface area contributed by atoms with Gasteiger partial charge in [-0.15, -0.1) is 0 Å². The number of carbonyl (C=O) groups is 2. The lowest BCUT2D eigenvalue weighted by Crippen LogP contribution is -2.17. The first-order valence-electron chi connectivity index (χ1n) is 8.23. The second-order valence-electron chi connectivity index (χ2n) is 5.67. The molecule has 0 aliphatic heterocycles. The van der Waals surface area contributed by atoms with Gasteiger partial charge in [-0.1, -0.05) is 30.3 Å². The molecule has 0 saturated heterocycles.